The van der Waals surface area contributed by atoms with Gasteiger partial charge in [0.25, 0.3) is 0 Å². The van der Waals surface area contributed by atoms with Crippen molar-refractivity contribution in [1.29, 1.82) is 0 Å². The van der Waals surface area contributed by atoms with Gasteiger partial charge in [-0.25, -0.2) is 4.39 Å². The van der Waals surface area contributed by atoms with Crippen molar-refractivity contribution in [3.8, 4) is 11.8 Å². The normalized spacial score (nSPS) is 14.1. The van der Waals surface area contributed by atoms with Gasteiger partial charge in [-0.15, -0.1) is 0 Å². The second kappa shape index (κ2) is 8.12. The summed E-state index contributed by atoms with van der Waals surface area (Å²) in [5.74, 6) is 6.67. The van der Waals surface area contributed by atoms with Crippen molar-refractivity contribution in [2.45, 2.75) is 39.4 Å². The van der Waals surface area contributed by atoms with E-state index in [9.17, 15) is 4.39 Å². The Hall–Kier alpha value is -2.12. The molecule has 1 aliphatic heterocycles. The molecule has 0 amide bonds. The smallest absolute Gasteiger partial charge is 0.156 e. The van der Waals surface area contributed by atoms with Crippen LogP contribution in [-0.2, 0) is 11.4 Å². The molecule has 2 rings (SSSR count). The lowest BCUT2D eigenvalue weighted by molar-refractivity contribution is 0.144. The van der Waals surface area contributed by atoms with Crippen molar-refractivity contribution in [2.75, 3.05) is 6.61 Å². The third kappa shape index (κ3) is 5.21. The van der Waals surface area contributed by atoms with E-state index in [2.05, 4.69) is 38.0 Å². The number of alkyl halides is 1. The standard InChI is InChI=1S/C19H22ClFN2O/c1-19(2,3)23-14-17(20)18(13-22-23)24-11-5-4-6-15-7-9-16(12-21)10-8-15/h7-10,13-14,22H,5,11-12H2,1-3H3. The van der Waals surface area contributed by atoms with E-state index in [1.54, 1.807) is 18.3 Å². The van der Waals surface area contributed by atoms with Gasteiger partial charge in [-0.05, 0) is 38.5 Å². The van der Waals surface area contributed by atoms with E-state index < -0.39 is 6.67 Å². The predicted molar refractivity (Wildman–Crippen MR) is 95.4 cm³/mol. The first-order valence-electron chi connectivity index (χ1n) is 7.80. The molecular weight excluding hydrogens is 327 g/mol. The summed E-state index contributed by atoms with van der Waals surface area (Å²) < 4.78 is 18.1. The van der Waals surface area contributed by atoms with E-state index in [0.29, 0.717) is 29.4 Å². The van der Waals surface area contributed by atoms with Crippen LogP contribution >= 0.6 is 11.6 Å². The summed E-state index contributed by atoms with van der Waals surface area (Å²) in [4.78, 5) is 0. The number of benzene rings is 1. The average Bonchev–Trinajstić information content (AvgIpc) is 2.55. The first kappa shape index (κ1) is 18.2. The molecule has 1 N–H and O–H groups in total. The maximum atomic E-state index is 12.4. The van der Waals surface area contributed by atoms with Gasteiger partial charge in [-0.3, -0.25) is 5.01 Å². The second-order valence-electron chi connectivity index (χ2n) is 6.39. The highest BCUT2D eigenvalue weighted by molar-refractivity contribution is 6.31. The first-order valence-corrected chi connectivity index (χ1v) is 8.18. The number of nitrogens with zero attached hydrogens (tertiary/aromatic N) is 1. The molecule has 0 aromatic heterocycles. The SMILES string of the molecule is CC(C)(C)N1C=C(Cl)C(OCCC#Cc2ccc(CF)cc2)=CN1. The first-order chi connectivity index (χ1) is 11.4. The number of hydrazine groups is 1. The van der Waals surface area contributed by atoms with E-state index in [4.69, 9.17) is 16.3 Å². The minimum absolute atomic E-state index is 0.0780. The van der Waals surface area contributed by atoms with Gasteiger partial charge in [-0.1, -0.05) is 35.6 Å². The fourth-order valence-corrected chi connectivity index (χ4v) is 2.17. The quantitative estimate of drug-likeness (QED) is 0.642. The van der Waals surface area contributed by atoms with E-state index in [1.165, 1.54) is 0 Å². The van der Waals surface area contributed by atoms with Crippen LogP contribution in [-0.4, -0.2) is 17.2 Å². The number of nitrogens with one attached hydrogen (secondary N) is 1. The van der Waals surface area contributed by atoms with Crippen LogP contribution in [0.15, 0.2) is 47.5 Å². The zero-order valence-electron chi connectivity index (χ0n) is 14.2. The Bertz CT molecular complexity index is 678. The van der Waals surface area contributed by atoms with Gasteiger partial charge < -0.3 is 10.2 Å². The van der Waals surface area contributed by atoms with Crippen LogP contribution in [0.25, 0.3) is 0 Å². The summed E-state index contributed by atoms with van der Waals surface area (Å²) in [5.41, 5.74) is 4.58. The molecule has 24 heavy (non-hydrogen) atoms. The summed E-state index contributed by atoms with van der Waals surface area (Å²) in [6, 6.07) is 7.11. The molecular formula is C19H22ClFN2O. The summed E-state index contributed by atoms with van der Waals surface area (Å²) in [6.07, 6.45) is 4.14. The summed E-state index contributed by atoms with van der Waals surface area (Å²) >= 11 is 6.24. The molecule has 0 spiro atoms. The number of hydrogen-bond donors (Lipinski definition) is 1. The molecule has 5 heteroatoms. The summed E-state index contributed by atoms with van der Waals surface area (Å²) in [7, 11) is 0. The van der Waals surface area contributed by atoms with E-state index in [0.717, 1.165) is 5.56 Å². The largest absolute Gasteiger partial charge is 0.489 e. The number of allylic oxidation sites excluding steroid dienone is 1. The van der Waals surface area contributed by atoms with Crippen LogP contribution in [0.3, 0.4) is 0 Å². The molecule has 1 aromatic carbocycles. The lowest BCUT2D eigenvalue weighted by Crippen LogP contribution is -2.46. The topological polar surface area (TPSA) is 24.5 Å². The van der Waals surface area contributed by atoms with E-state index in [-0.39, 0.29) is 5.54 Å². The summed E-state index contributed by atoms with van der Waals surface area (Å²) in [6.45, 7) is 6.23. The fraction of sp³-hybridized carbons (Fsp3) is 0.368. The predicted octanol–water partition coefficient (Wildman–Crippen LogP) is 4.45. The molecule has 1 aromatic rings. The number of rotatable bonds is 4. The van der Waals surface area contributed by atoms with Gasteiger partial charge in [-0.2, -0.15) is 0 Å². The van der Waals surface area contributed by atoms with Crippen molar-refractivity contribution in [3.05, 3.63) is 58.6 Å². The number of ether oxygens (including phenoxy) is 1. The van der Waals surface area contributed by atoms with Crippen LogP contribution in [0.4, 0.5) is 4.39 Å². The molecule has 0 saturated heterocycles. The van der Waals surface area contributed by atoms with Crippen molar-refractivity contribution < 1.29 is 9.13 Å². The molecule has 0 atom stereocenters. The Morgan fingerprint density at radius 3 is 2.54 bits per heavy atom. The Balaban J connectivity index is 1.80. The van der Waals surface area contributed by atoms with Gasteiger partial charge in [0.1, 0.15) is 11.7 Å². The highest BCUT2D eigenvalue weighted by atomic mass is 35.5. The van der Waals surface area contributed by atoms with Gasteiger partial charge in [0.15, 0.2) is 5.76 Å². The van der Waals surface area contributed by atoms with Crippen LogP contribution in [0.5, 0.6) is 0 Å². The molecule has 1 aliphatic rings. The monoisotopic (exact) mass is 348 g/mol. The third-order valence-electron chi connectivity index (χ3n) is 3.36. The molecule has 0 radical (unpaired) electrons. The van der Waals surface area contributed by atoms with Crippen molar-refractivity contribution in [1.82, 2.24) is 10.4 Å². The second-order valence-corrected chi connectivity index (χ2v) is 6.79. The van der Waals surface area contributed by atoms with Crippen LogP contribution in [0, 0.1) is 11.8 Å². The lowest BCUT2D eigenvalue weighted by Gasteiger charge is -2.36. The van der Waals surface area contributed by atoms with Crippen molar-refractivity contribution >= 4 is 11.6 Å². The molecule has 0 bridgehead atoms. The van der Waals surface area contributed by atoms with Crippen LogP contribution < -0.4 is 5.43 Å². The molecule has 0 fully saturated rings. The van der Waals surface area contributed by atoms with Crippen LogP contribution in [0.1, 0.15) is 38.3 Å². The molecule has 0 saturated carbocycles. The maximum absolute atomic E-state index is 12.4. The van der Waals surface area contributed by atoms with Crippen molar-refractivity contribution in [2.24, 2.45) is 0 Å². The molecule has 128 valence electrons. The highest BCUT2D eigenvalue weighted by Crippen LogP contribution is 2.23. The Morgan fingerprint density at radius 1 is 1.25 bits per heavy atom. The van der Waals surface area contributed by atoms with E-state index in [1.807, 2.05) is 23.3 Å². The minimum atomic E-state index is -0.453. The van der Waals surface area contributed by atoms with Gasteiger partial charge in [0.05, 0.1) is 18.3 Å². The molecule has 3 nitrogen and oxygen atoms in total. The van der Waals surface area contributed by atoms with Crippen molar-refractivity contribution in [3.63, 3.8) is 0 Å². The summed E-state index contributed by atoms with van der Waals surface area (Å²) in [5, 5.41) is 2.47. The van der Waals surface area contributed by atoms with Gasteiger partial charge >= 0.3 is 0 Å². The number of halogens is 2. The van der Waals surface area contributed by atoms with E-state index >= 15 is 0 Å². The maximum Gasteiger partial charge on any atom is 0.156 e. The minimum Gasteiger partial charge on any atom is -0.489 e. The lowest BCUT2D eigenvalue weighted by atomic mass is 10.1. The Kier molecular flexibility index (Phi) is 6.16. The third-order valence-corrected chi connectivity index (χ3v) is 3.64. The highest BCUT2D eigenvalue weighted by Gasteiger charge is 2.22. The Morgan fingerprint density at radius 2 is 1.96 bits per heavy atom. The molecule has 1 heterocycles. The fourth-order valence-electron chi connectivity index (χ4n) is 1.96. The zero-order chi connectivity index (χ0) is 17.6. The molecule has 0 unspecified atom stereocenters. The van der Waals surface area contributed by atoms with Gasteiger partial charge in [0, 0.05) is 18.2 Å². The molecule has 0 aliphatic carbocycles. The van der Waals surface area contributed by atoms with Crippen LogP contribution in [0.2, 0.25) is 0 Å². The number of hydrogen-bond acceptors (Lipinski definition) is 3. The average molecular weight is 349 g/mol. The van der Waals surface area contributed by atoms with Gasteiger partial charge in [0.2, 0.25) is 0 Å². The Labute approximate surface area is 148 Å². The zero-order valence-corrected chi connectivity index (χ0v) is 15.0.